The molecular formula is C15H23N3O3S2. The lowest BCUT2D eigenvalue weighted by molar-refractivity contribution is -0.120. The van der Waals surface area contributed by atoms with Crippen LogP contribution in [-0.2, 0) is 14.8 Å². The molecular weight excluding hydrogens is 334 g/mol. The van der Waals surface area contributed by atoms with Crippen molar-refractivity contribution in [1.82, 2.24) is 14.6 Å². The number of hydrogen-bond donors (Lipinski definition) is 1. The third-order valence-electron chi connectivity index (χ3n) is 3.86. The summed E-state index contributed by atoms with van der Waals surface area (Å²) in [6, 6.07) is 3.46. The lowest BCUT2D eigenvalue weighted by Crippen LogP contribution is -2.37. The van der Waals surface area contributed by atoms with Crippen molar-refractivity contribution in [3.63, 3.8) is 0 Å². The molecule has 1 saturated carbocycles. The van der Waals surface area contributed by atoms with Crippen LogP contribution in [0.25, 0.3) is 0 Å². The van der Waals surface area contributed by atoms with Crippen LogP contribution < -0.4 is 5.32 Å². The first-order valence-electron chi connectivity index (χ1n) is 7.66. The van der Waals surface area contributed by atoms with Gasteiger partial charge in [0.05, 0.1) is 10.3 Å². The maximum Gasteiger partial charge on any atom is 0.244 e. The van der Waals surface area contributed by atoms with Crippen LogP contribution in [0, 0.1) is 0 Å². The first-order chi connectivity index (χ1) is 10.8. The Bertz CT molecular complexity index is 638. The number of hydrogen-bond acceptors (Lipinski definition) is 5. The Labute approximate surface area is 142 Å². The molecule has 23 heavy (non-hydrogen) atoms. The Morgan fingerprint density at radius 2 is 2.00 bits per heavy atom. The Balaban J connectivity index is 1.96. The fourth-order valence-electron chi connectivity index (χ4n) is 2.42. The van der Waals surface area contributed by atoms with Crippen LogP contribution in [0.2, 0.25) is 0 Å². The van der Waals surface area contributed by atoms with E-state index in [-0.39, 0.29) is 16.1 Å². The Morgan fingerprint density at radius 3 is 2.52 bits per heavy atom. The number of carbonyl (C=O) groups is 1. The fourth-order valence-corrected chi connectivity index (χ4v) is 4.07. The maximum absolute atomic E-state index is 12.2. The molecule has 1 atom stereocenters. The lowest BCUT2D eigenvalue weighted by Gasteiger charge is -2.16. The molecule has 1 amide bonds. The highest BCUT2D eigenvalue weighted by molar-refractivity contribution is 8.00. The highest BCUT2D eigenvalue weighted by Gasteiger charge is 2.22. The van der Waals surface area contributed by atoms with E-state index in [4.69, 9.17) is 0 Å². The zero-order chi connectivity index (χ0) is 17.0. The quantitative estimate of drug-likeness (QED) is 0.786. The van der Waals surface area contributed by atoms with E-state index in [0.717, 1.165) is 17.1 Å². The van der Waals surface area contributed by atoms with Gasteiger partial charge in [-0.05, 0) is 31.9 Å². The van der Waals surface area contributed by atoms with E-state index in [1.807, 2.05) is 6.92 Å². The molecule has 1 aromatic rings. The largest absolute Gasteiger partial charge is 0.352 e. The van der Waals surface area contributed by atoms with E-state index < -0.39 is 10.0 Å². The molecule has 128 valence electrons. The molecule has 6 nitrogen and oxygen atoms in total. The van der Waals surface area contributed by atoms with Gasteiger partial charge in [-0.3, -0.25) is 4.79 Å². The molecule has 0 bridgehead atoms. The van der Waals surface area contributed by atoms with Crippen LogP contribution in [0.5, 0.6) is 0 Å². The first-order valence-corrected chi connectivity index (χ1v) is 9.98. The highest BCUT2D eigenvalue weighted by atomic mass is 32.2. The van der Waals surface area contributed by atoms with Crippen LogP contribution in [0.15, 0.2) is 28.3 Å². The minimum absolute atomic E-state index is 0.00805. The minimum atomic E-state index is -3.47. The van der Waals surface area contributed by atoms with Gasteiger partial charge in [0, 0.05) is 26.3 Å². The number of carbonyl (C=O) groups excluding carboxylic acids is 1. The topological polar surface area (TPSA) is 79.4 Å². The summed E-state index contributed by atoms with van der Waals surface area (Å²) in [5, 5.41) is 3.43. The number of rotatable bonds is 6. The average molecular weight is 358 g/mol. The van der Waals surface area contributed by atoms with Gasteiger partial charge in [0.15, 0.2) is 0 Å². The molecule has 0 spiro atoms. The molecule has 0 saturated heterocycles. The van der Waals surface area contributed by atoms with Gasteiger partial charge in [0.25, 0.3) is 0 Å². The van der Waals surface area contributed by atoms with Crippen LogP contribution in [0.1, 0.15) is 32.6 Å². The summed E-state index contributed by atoms with van der Waals surface area (Å²) in [7, 11) is -0.513. The third kappa shape index (κ3) is 4.68. The molecule has 0 aliphatic heterocycles. The number of nitrogens with zero attached hydrogens (tertiary/aromatic N) is 2. The first kappa shape index (κ1) is 18.2. The summed E-state index contributed by atoms with van der Waals surface area (Å²) >= 11 is 1.33. The molecule has 1 aliphatic carbocycles. The van der Waals surface area contributed by atoms with Crippen molar-refractivity contribution < 1.29 is 13.2 Å². The van der Waals surface area contributed by atoms with Gasteiger partial charge in [-0.15, -0.1) is 0 Å². The molecule has 1 fully saturated rings. The van der Waals surface area contributed by atoms with Crippen LogP contribution in [0.4, 0.5) is 0 Å². The summed E-state index contributed by atoms with van der Waals surface area (Å²) in [5.41, 5.74) is 0. The van der Waals surface area contributed by atoms with Gasteiger partial charge in [-0.2, -0.15) is 0 Å². The average Bonchev–Trinajstić information content (AvgIpc) is 3.00. The zero-order valence-corrected chi connectivity index (χ0v) is 15.3. The number of sulfonamides is 1. The standard InChI is InChI=1S/C15H23N3O3S2/c1-11(15(19)17-12-6-4-5-7-12)22-14-9-8-13(10-16-14)23(20,21)18(2)3/h8-12H,4-7H2,1-3H3,(H,17,19)/t11-/m0/s1. The van der Waals surface area contributed by atoms with Crippen molar-refractivity contribution in [2.45, 2.75) is 53.8 Å². The summed E-state index contributed by atoms with van der Waals surface area (Å²) < 4.78 is 25.1. The second-order valence-corrected chi connectivity index (χ2v) is 9.38. The van der Waals surface area contributed by atoms with E-state index >= 15 is 0 Å². The smallest absolute Gasteiger partial charge is 0.244 e. The molecule has 2 rings (SSSR count). The van der Waals surface area contributed by atoms with Crippen LogP contribution in [-0.4, -0.2) is 49.0 Å². The van der Waals surface area contributed by atoms with Gasteiger partial charge < -0.3 is 5.32 Å². The van der Waals surface area contributed by atoms with Gasteiger partial charge in [0.2, 0.25) is 15.9 Å². The van der Waals surface area contributed by atoms with Crippen molar-refractivity contribution >= 4 is 27.7 Å². The Kier molecular flexibility index (Phi) is 6.05. The van der Waals surface area contributed by atoms with Crippen molar-refractivity contribution in [2.24, 2.45) is 0 Å². The molecule has 1 heterocycles. The monoisotopic (exact) mass is 357 g/mol. The lowest BCUT2D eigenvalue weighted by atomic mass is 10.2. The summed E-state index contributed by atoms with van der Waals surface area (Å²) in [6.07, 6.45) is 5.79. The molecule has 0 radical (unpaired) electrons. The summed E-state index contributed by atoms with van der Waals surface area (Å²) in [4.78, 5) is 16.5. The van der Waals surface area contributed by atoms with Gasteiger partial charge in [-0.25, -0.2) is 17.7 Å². The number of amides is 1. The van der Waals surface area contributed by atoms with Crippen molar-refractivity contribution in [3.8, 4) is 0 Å². The predicted octanol–water partition coefficient (Wildman–Crippen LogP) is 1.87. The SMILES string of the molecule is C[C@H](Sc1ccc(S(=O)(=O)N(C)C)cn1)C(=O)NC1CCCC1. The zero-order valence-electron chi connectivity index (χ0n) is 13.7. The highest BCUT2D eigenvalue weighted by Crippen LogP contribution is 2.24. The van der Waals surface area contributed by atoms with E-state index in [2.05, 4.69) is 10.3 Å². The van der Waals surface area contributed by atoms with Crippen molar-refractivity contribution in [1.29, 1.82) is 0 Å². The van der Waals surface area contributed by atoms with Crippen LogP contribution >= 0.6 is 11.8 Å². The Hall–Kier alpha value is -1.12. The molecule has 1 N–H and O–H groups in total. The van der Waals surface area contributed by atoms with E-state index in [9.17, 15) is 13.2 Å². The third-order valence-corrected chi connectivity index (χ3v) is 6.71. The molecule has 0 aromatic carbocycles. The number of pyridine rings is 1. The van der Waals surface area contributed by atoms with Crippen molar-refractivity contribution in [2.75, 3.05) is 14.1 Å². The number of aromatic nitrogens is 1. The van der Waals surface area contributed by atoms with Gasteiger partial charge in [0.1, 0.15) is 4.90 Å². The van der Waals surface area contributed by atoms with Crippen LogP contribution in [0.3, 0.4) is 0 Å². The predicted molar refractivity (Wildman–Crippen MR) is 90.8 cm³/mol. The molecule has 8 heteroatoms. The maximum atomic E-state index is 12.2. The number of nitrogens with one attached hydrogen (secondary N) is 1. The molecule has 1 aromatic heterocycles. The number of thioether (sulfide) groups is 1. The Morgan fingerprint density at radius 1 is 1.35 bits per heavy atom. The second kappa shape index (κ2) is 7.63. The minimum Gasteiger partial charge on any atom is -0.352 e. The van der Waals surface area contributed by atoms with Crippen molar-refractivity contribution in [3.05, 3.63) is 18.3 Å². The van der Waals surface area contributed by atoms with Gasteiger partial charge >= 0.3 is 0 Å². The fraction of sp³-hybridized carbons (Fsp3) is 0.600. The second-order valence-electron chi connectivity index (χ2n) is 5.87. The molecule has 0 unspecified atom stereocenters. The molecule has 1 aliphatic rings. The summed E-state index contributed by atoms with van der Waals surface area (Å²) in [6.45, 7) is 1.83. The summed E-state index contributed by atoms with van der Waals surface area (Å²) in [5.74, 6) is 0.00805. The van der Waals surface area contributed by atoms with Gasteiger partial charge in [-0.1, -0.05) is 24.6 Å². The van der Waals surface area contributed by atoms with E-state index in [1.165, 1.54) is 51.0 Å². The normalized spacial score (nSPS) is 17.4. The van der Waals surface area contributed by atoms with E-state index in [1.54, 1.807) is 6.07 Å². The van der Waals surface area contributed by atoms with E-state index in [0.29, 0.717) is 11.1 Å².